The number of nitrogens with one attached hydrogen (secondary N) is 2. The molecule has 1 aromatic carbocycles. The van der Waals surface area contributed by atoms with E-state index < -0.39 is 11.9 Å². The Balaban J connectivity index is 0.000000234. The molecular weight excluding hydrogens is 389 g/mol. The van der Waals surface area contributed by atoms with Gasteiger partial charge in [0.05, 0.1) is 5.69 Å². The van der Waals surface area contributed by atoms with Crippen molar-refractivity contribution >= 4 is 29.4 Å². The smallest absolute Gasteiger partial charge is 0.357 e. The standard InChI is InChI=1S/C14H16N2O2.C5H5F3N2O/c1-15-5-2-6-16-13(10-18)8-12-4-3-11(9-17)7-14(12)16;1-9-4-2-3(10-11-4)5(6,7)8/h3-4,7-10,15H,2,5-6H2,1H3;2,9H,1H3. The molecular formula is C19H21F3N4O3. The lowest BCUT2D eigenvalue weighted by atomic mass is 10.2. The SMILES string of the molecule is CNCCCn1c(C=O)cc2ccc(C=O)cc21.CNc1cc(C(F)(F)F)no1. The number of carbonyl (C=O) groups excluding carboxylic acids is 2. The molecule has 156 valence electrons. The van der Waals surface area contributed by atoms with E-state index in [9.17, 15) is 22.8 Å². The number of alkyl halides is 3. The molecule has 0 amide bonds. The van der Waals surface area contributed by atoms with Crippen molar-refractivity contribution in [1.29, 1.82) is 0 Å². The number of halogens is 3. The number of hydrogen-bond donors (Lipinski definition) is 2. The van der Waals surface area contributed by atoms with Gasteiger partial charge in [-0.05, 0) is 32.1 Å². The van der Waals surface area contributed by atoms with E-state index in [0.29, 0.717) is 11.3 Å². The highest BCUT2D eigenvalue weighted by molar-refractivity contribution is 5.92. The van der Waals surface area contributed by atoms with Gasteiger partial charge in [-0.1, -0.05) is 17.3 Å². The van der Waals surface area contributed by atoms with E-state index in [-0.39, 0.29) is 5.88 Å². The number of hydrogen-bond acceptors (Lipinski definition) is 6. The number of benzene rings is 1. The number of aryl methyl sites for hydroxylation is 1. The molecule has 0 fully saturated rings. The predicted octanol–water partition coefficient (Wildman–Crippen LogP) is 3.61. The highest BCUT2D eigenvalue weighted by atomic mass is 19.4. The summed E-state index contributed by atoms with van der Waals surface area (Å²) in [5.74, 6) is -0.00248. The minimum atomic E-state index is -4.43. The third-order valence-corrected chi connectivity index (χ3v) is 4.07. The number of aldehydes is 2. The van der Waals surface area contributed by atoms with Gasteiger partial charge in [0.1, 0.15) is 6.29 Å². The van der Waals surface area contributed by atoms with Crippen LogP contribution in [0.2, 0.25) is 0 Å². The maximum absolute atomic E-state index is 11.8. The van der Waals surface area contributed by atoms with Crippen LogP contribution in [-0.4, -0.2) is 42.9 Å². The van der Waals surface area contributed by atoms with Crippen LogP contribution in [-0.2, 0) is 12.7 Å². The van der Waals surface area contributed by atoms with Crippen molar-refractivity contribution < 1.29 is 27.3 Å². The van der Waals surface area contributed by atoms with Gasteiger partial charge in [-0.2, -0.15) is 13.2 Å². The van der Waals surface area contributed by atoms with Crippen molar-refractivity contribution in [2.75, 3.05) is 26.0 Å². The highest BCUT2D eigenvalue weighted by Gasteiger charge is 2.34. The van der Waals surface area contributed by atoms with E-state index in [1.54, 1.807) is 6.07 Å². The van der Waals surface area contributed by atoms with Crippen LogP contribution in [0.3, 0.4) is 0 Å². The first-order chi connectivity index (χ1) is 13.8. The van der Waals surface area contributed by atoms with Crippen LogP contribution < -0.4 is 10.6 Å². The van der Waals surface area contributed by atoms with Crippen molar-refractivity contribution in [3.05, 3.63) is 47.3 Å². The summed E-state index contributed by atoms with van der Waals surface area (Å²) in [6.45, 7) is 1.66. The van der Waals surface area contributed by atoms with Gasteiger partial charge >= 0.3 is 6.18 Å². The van der Waals surface area contributed by atoms with Crippen molar-refractivity contribution in [2.45, 2.75) is 19.1 Å². The molecule has 0 aliphatic rings. The summed E-state index contributed by atoms with van der Waals surface area (Å²) in [7, 11) is 3.35. The Morgan fingerprint density at radius 1 is 1.14 bits per heavy atom. The summed E-state index contributed by atoms with van der Waals surface area (Å²) in [4.78, 5) is 21.9. The Morgan fingerprint density at radius 3 is 2.41 bits per heavy atom. The van der Waals surface area contributed by atoms with E-state index in [1.807, 2.05) is 29.8 Å². The maximum Gasteiger partial charge on any atom is 0.436 e. The molecule has 0 bridgehead atoms. The van der Waals surface area contributed by atoms with E-state index in [0.717, 1.165) is 49.1 Å². The third kappa shape index (κ3) is 5.67. The Morgan fingerprint density at radius 2 is 1.90 bits per heavy atom. The number of rotatable bonds is 7. The first-order valence-corrected chi connectivity index (χ1v) is 8.74. The molecule has 0 aliphatic carbocycles. The van der Waals surface area contributed by atoms with Crippen LogP contribution in [0.5, 0.6) is 0 Å². The van der Waals surface area contributed by atoms with Gasteiger partial charge in [-0.3, -0.25) is 9.59 Å². The van der Waals surface area contributed by atoms with Gasteiger partial charge in [0, 0.05) is 36.1 Å². The summed E-state index contributed by atoms with van der Waals surface area (Å²) in [6, 6.07) is 8.12. The van der Waals surface area contributed by atoms with Crippen LogP contribution in [0.15, 0.2) is 34.9 Å². The Labute approximate surface area is 164 Å². The highest BCUT2D eigenvalue weighted by Crippen LogP contribution is 2.29. The Bertz CT molecular complexity index is 963. The van der Waals surface area contributed by atoms with Gasteiger partial charge in [0.2, 0.25) is 5.88 Å². The Kier molecular flexibility index (Phi) is 7.54. The van der Waals surface area contributed by atoms with E-state index in [4.69, 9.17) is 0 Å². The second-order valence-electron chi connectivity index (χ2n) is 6.06. The van der Waals surface area contributed by atoms with E-state index >= 15 is 0 Å². The zero-order valence-corrected chi connectivity index (χ0v) is 15.9. The maximum atomic E-state index is 11.8. The molecule has 0 atom stereocenters. The monoisotopic (exact) mass is 410 g/mol. The molecule has 29 heavy (non-hydrogen) atoms. The molecule has 0 unspecified atom stereocenters. The van der Waals surface area contributed by atoms with Gasteiger partial charge in [-0.25, -0.2) is 0 Å². The number of fused-ring (bicyclic) bond motifs is 1. The average molecular weight is 410 g/mol. The zero-order valence-electron chi connectivity index (χ0n) is 15.9. The molecule has 3 rings (SSSR count). The fourth-order valence-electron chi connectivity index (χ4n) is 2.65. The first kappa shape index (κ1) is 22.2. The third-order valence-electron chi connectivity index (χ3n) is 4.07. The number of nitrogens with zero attached hydrogens (tertiary/aromatic N) is 2. The van der Waals surface area contributed by atoms with Gasteiger partial charge < -0.3 is 19.7 Å². The summed E-state index contributed by atoms with van der Waals surface area (Å²) < 4.78 is 41.6. The summed E-state index contributed by atoms with van der Waals surface area (Å²) in [5.41, 5.74) is 1.21. The lowest BCUT2D eigenvalue weighted by Gasteiger charge is -2.07. The minimum absolute atomic E-state index is 0.00248. The largest absolute Gasteiger partial charge is 0.436 e. The molecule has 0 saturated carbocycles. The molecule has 3 aromatic rings. The second kappa shape index (κ2) is 9.87. The second-order valence-corrected chi connectivity index (χ2v) is 6.06. The quantitative estimate of drug-likeness (QED) is 0.457. The van der Waals surface area contributed by atoms with Crippen molar-refractivity contribution in [1.82, 2.24) is 15.0 Å². The van der Waals surface area contributed by atoms with Crippen molar-refractivity contribution in [2.24, 2.45) is 0 Å². The lowest BCUT2D eigenvalue weighted by molar-refractivity contribution is -0.142. The Hall–Kier alpha value is -3.14. The topological polar surface area (TPSA) is 89.2 Å². The van der Waals surface area contributed by atoms with Crippen LogP contribution >= 0.6 is 0 Å². The van der Waals surface area contributed by atoms with Gasteiger partial charge in [-0.15, -0.1) is 0 Å². The number of aromatic nitrogens is 2. The van der Waals surface area contributed by atoms with Crippen LogP contribution in [0.25, 0.3) is 10.9 Å². The molecule has 7 nitrogen and oxygen atoms in total. The minimum Gasteiger partial charge on any atom is -0.357 e. The molecule has 2 aromatic heterocycles. The number of carbonyl (C=O) groups is 2. The molecule has 10 heteroatoms. The molecule has 2 heterocycles. The van der Waals surface area contributed by atoms with Crippen molar-refractivity contribution in [3.8, 4) is 0 Å². The zero-order chi connectivity index (χ0) is 21.4. The van der Waals surface area contributed by atoms with Gasteiger partial charge in [0.25, 0.3) is 0 Å². The fourth-order valence-corrected chi connectivity index (χ4v) is 2.65. The predicted molar refractivity (Wildman–Crippen MR) is 102 cm³/mol. The number of anilines is 1. The average Bonchev–Trinajstić information content (AvgIpc) is 3.33. The summed E-state index contributed by atoms with van der Waals surface area (Å²) >= 11 is 0. The summed E-state index contributed by atoms with van der Waals surface area (Å²) in [5, 5.41) is 9.26. The molecule has 0 aliphatic heterocycles. The fraction of sp³-hybridized carbons (Fsp3) is 0.316. The van der Waals surface area contributed by atoms with Gasteiger partial charge in [0.15, 0.2) is 12.0 Å². The molecule has 0 saturated heterocycles. The normalized spacial score (nSPS) is 11.1. The molecule has 0 radical (unpaired) electrons. The van der Waals surface area contributed by atoms with E-state index in [1.165, 1.54) is 7.05 Å². The van der Waals surface area contributed by atoms with E-state index in [2.05, 4.69) is 20.3 Å². The first-order valence-electron chi connectivity index (χ1n) is 8.74. The molecule has 0 spiro atoms. The summed E-state index contributed by atoms with van der Waals surface area (Å²) in [6.07, 6.45) is -1.81. The molecule has 2 N–H and O–H groups in total. The van der Waals surface area contributed by atoms with Crippen LogP contribution in [0.4, 0.5) is 19.1 Å². The lowest BCUT2D eigenvalue weighted by Crippen LogP contribution is -2.12. The van der Waals surface area contributed by atoms with Crippen molar-refractivity contribution in [3.63, 3.8) is 0 Å². The van der Waals surface area contributed by atoms with Crippen LogP contribution in [0, 0.1) is 0 Å². The van der Waals surface area contributed by atoms with Crippen LogP contribution in [0.1, 0.15) is 33.0 Å².